The molecule has 1 aliphatic rings. The molecule has 0 saturated carbocycles. The number of carbonyl (C=O) groups is 2. The fourth-order valence-corrected chi connectivity index (χ4v) is 1.55. The highest BCUT2D eigenvalue weighted by atomic mass is 16.6. The molecule has 1 heterocycles. The SMILES string of the molecule is CC(C)(C)OC(=O)N[C@@H](C(=O)O)C1(C)COC1. The molecule has 1 saturated heterocycles. The van der Waals surface area contributed by atoms with Gasteiger partial charge < -0.3 is 19.9 Å². The van der Waals surface area contributed by atoms with E-state index in [1.165, 1.54) is 0 Å². The smallest absolute Gasteiger partial charge is 0.408 e. The van der Waals surface area contributed by atoms with Gasteiger partial charge in [-0.25, -0.2) is 9.59 Å². The molecule has 0 aliphatic carbocycles. The third-order valence-corrected chi connectivity index (χ3v) is 2.47. The maximum Gasteiger partial charge on any atom is 0.408 e. The number of carbonyl (C=O) groups excluding carboxylic acids is 1. The molecule has 1 fully saturated rings. The minimum atomic E-state index is -1.08. The lowest BCUT2D eigenvalue weighted by Gasteiger charge is -2.42. The Labute approximate surface area is 100 Å². The lowest BCUT2D eigenvalue weighted by Crippen LogP contribution is -2.60. The van der Waals surface area contributed by atoms with Crippen LogP contribution in [0.15, 0.2) is 0 Å². The normalized spacial score (nSPS) is 20.0. The van der Waals surface area contributed by atoms with Gasteiger partial charge in [0, 0.05) is 5.41 Å². The lowest BCUT2D eigenvalue weighted by atomic mass is 9.80. The van der Waals surface area contributed by atoms with Gasteiger partial charge in [0.15, 0.2) is 0 Å². The summed E-state index contributed by atoms with van der Waals surface area (Å²) in [5.74, 6) is -1.08. The first-order valence-electron chi connectivity index (χ1n) is 5.44. The molecule has 0 aromatic heterocycles. The van der Waals surface area contributed by atoms with Gasteiger partial charge in [0.25, 0.3) is 0 Å². The van der Waals surface area contributed by atoms with E-state index in [-0.39, 0.29) is 0 Å². The van der Waals surface area contributed by atoms with E-state index >= 15 is 0 Å². The molecule has 1 atom stereocenters. The number of carboxylic acid groups (broad SMARTS) is 1. The highest BCUT2D eigenvalue weighted by Crippen LogP contribution is 2.31. The zero-order chi connectivity index (χ0) is 13.3. The van der Waals surface area contributed by atoms with Crippen LogP contribution >= 0.6 is 0 Å². The largest absolute Gasteiger partial charge is 0.480 e. The summed E-state index contributed by atoms with van der Waals surface area (Å²) < 4.78 is 10.0. The molecule has 2 N–H and O–H groups in total. The first-order chi connectivity index (χ1) is 7.64. The highest BCUT2D eigenvalue weighted by Gasteiger charge is 2.46. The Balaban J connectivity index is 2.62. The average molecular weight is 245 g/mol. The molecular weight excluding hydrogens is 226 g/mol. The Morgan fingerprint density at radius 1 is 1.41 bits per heavy atom. The summed E-state index contributed by atoms with van der Waals surface area (Å²) in [6, 6.07) is -0.994. The van der Waals surface area contributed by atoms with Crippen molar-refractivity contribution in [2.24, 2.45) is 5.41 Å². The van der Waals surface area contributed by atoms with Gasteiger partial charge in [0.2, 0.25) is 0 Å². The molecule has 0 spiro atoms. The van der Waals surface area contributed by atoms with Crippen molar-refractivity contribution in [1.82, 2.24) is 5.32 Å². The van der Waals surface area contributed by atoms with Crippen LogP contribution in [0.25, 0.3) is 0 Å². The topological polar surface area (TPSA) is 84.9 Å². The summed E-state index contributed by atoms with van der Waals surface area (Å²) in [7, 11) is 0. The van der Waals surface area contributed by atoms with Gasteiger partial charge in [-0.15, -0.1) is 0 Å². The van der Waals surface area contributed by atoms with E-state index in [9.17, 15) is 9.59 Å². The Kier molecular flexibility index (Phi) is 3.66. The number of rotatable bonds is 3. The van der Waals surface area contributed by atoms with E-state index in [4.69, 9.17) is 14.6 Å². The van der Waals surface area contributed by atoms with E-state index in [2.05, 4.69) is 5.32 Å². The van der Waals surface area contributed by atoms with E-state index in [0.717, 1.165) is 0 Å². The molecule has 1 aliphatic heterocycles. The maximum absolute atomic E-state index is 11.5. The van der Waals surface area contributed by atoms with Crippen LogP contribution in [0.2, 0.25) is 0 Å². The number of aliphatic carboxylic acids is 1. The average Bonchev–Trinajstić information content (AvgIpc) is 2.07. The number of nitrogens with one attached hydrogen (secondary N) is 1. The zero-order valence-corrected chi connectivity index (χ0v) is 10.6. The van der Waals surface area contributed by atoms with Gasteiger partial charge in [-0.05, 0) is 20.8 Å². The van der Waals surface area contributed by atoms with Crippen molar-refractivity contribution in [2.45, 2.75) is 39.3 Å². The molecule has 1 rings (SSSR count). The first-order valence-corrected chi connectivity index (χ1v) is 5.44. The van der Waals surface area contributed by atoms with Gasteiger partial charge in [0.05, 0.1) is 13.2 Å². The Bertz CT molecular complexity index is 316. The second kappa shape index (κ2) is 4.52. The lowest BCUT2D eigenvalue weighted by molar-refractivity contribution is -0.161. The van der Waals surface area contributed by atoms with Crippen LogP contribution in [-0.4, -0.2) is 42.0 Å². The van der Waals surface area contributed by atoms with Crippen LogP contribution in [-0.2, 0) is 14.3 Å². The number of hydrogen-bond donors (Lipinski definition) is 2. The van der Waals surface area contributed by atoms with Crippen LogP contribution < -0.4 is 5.32 Å². The zero-order valence-electron chi connectivity index (χ0n) is 10.6. The molecular formula is C11H19NO5. The Morgan fingerprint density at radius 3 is 2.24 bits per heavy atom. The van der Waals surface area contributed by atoms with Crippen LogP contribution in [0.4, 0.5) is 4.79 Å². The second-order valence-electron chi connectivity index (χ2n) is 5.56. The van der Waals surface area contributed by atoms with Gasteiger partial charge in [-0.2, -0.15) is 0 Å². The molecule has 6 heteroatoms. The number of amides is 1. The molecule has 0 unspecified atom stereocenters. The summed E-state index contributed by atoms with van der Waals surface area (Å²) >= 11 is 0. The fourth-order valence-electron chi connectivity index (χ4n) is 1.55. The van der Waals surface area contributed by atoms with Gasteiger partial charge in [-0.1, -0.05) is 6.92 Å². The number of alkyl carbamates (subject to hydrolysis) is 1. The van der Waals surface area contributed by atoms with Gasteiger partial charge in [0.1, 0.15) is 11.6 Å². The number of ether oxygens (including phenoxy) is 2. The summed E-state index contributed by atoms with van der Waals surface area (Å²) in [6.45, 7) is 7.55. The van der Waals surface area contributed by atoms with E-state index in [1.54, 1.807) is 27.7 Å². The summed E-state index contributed by atoms with van der Waals surface area (Å²) in [5, 5.41) is 11.5. The summed E-state index contributed by atoms with van der Waals surface area (Å²) in [6.07, 6.45) is -0.724. The van der Waals surface area contributed by atoms with Crippen molar-refractivity contribution >= 4 is 12.1 Å². The molecule has 17 heavy (non-hydrogen) atoms. The van der Waals surface area contributed by atoms with E-state index in [1.807, 2.05) is 0 Å². The monoisotopic (exact) mass is 245 g/mol. The molecule has 0 radical (unpaired) electrons. The van der Waals surface area contributed by atoms with Gasteiger partial charge in [-0.3, -0.25) is 0 Å². The van der Waals surface area contributed by atoms with Crippen LogP contribution in [0.3, 0.4) is 0 Å². The third-order valence-electron chi connectivity index (χ3n) is 2.47. The molecule has 6 nitrogen and oxygen atoms in total. The Hall–Kier alpha value is -1.30. The summed E-state index contributed by atoms with van der Waals surface area (Å²) in [5.41, 5.74) is -1.22. The highest BCUT2D eigenvalue weighted by molar-refractivity contribution is 5.81. The van der Waals surface area contributed by atoms with E-state index in [0.29, 0.717) is 13.2 Å². The van der Waals surface area contributed by atoms with Crippen molar-refractivity contribution in [3.63, 3.8) is 0 Å². The van der Waals surface area contributed by atoms with Crippen molar-refractivity contribution in [1.29, 1.82) is 0 Å². The van der Waals surface area contributed by atoms with Crippen molar-refractivity contribution in [3.05, 3.63) is 0 Å². The predicted octanol–water partition coefficient (Wildman–Crippen LogP) is 1.00. The van der Waals surface area contributed by atoms with Crippen LogP contribution in [0, 0.1) is 5.41 Å². The van der Waals surface area contributed by atoms with Crippen LogP contribution in [0.1, 0.15) is 27.7 Å². The van der Waals surface area contributed by atoms with Crippen molar-refractivity contribution in [2.75, 3.05) is 13.2 Å². The minimum absolute atomic E-state index is 0.319. The summed E-state index contributed by atoms with van der Waals surface area (Å²) in [4.78, 5) is 22.6. The third kappa shape index (κ3) is 3.59. The molecule has 0 aromatic carbocycles. The van der Waals surface area contributed by atoms with Crippen molar-refractivity contribution < 1.29 is 24.2 Å². The number of hydrogen-bond acceptors (Lipinski definition) is 4. The predicted molar refractivity (Wildman–Crippen MR) is 59.7 cm³/mol. The second-order valence-corrected chi connectivity index (χ2v) is 5.56. The molecule has 1 amide bonds. The minimum Gasteiger partial charge on any atom is -0.480 e. The van der Waals surface area contributed by atoms with Gasteiger partial charge >= 0.3 is 12.1 Å². The Morgan fingerprint density at radius 2 is 1.94 bits per heavy atom. The first kappa shape index (κ1) is 13.8. The quantitative estimate of drug-likeness (QED) is 0.774. The maximum atomic E-state index is 11.5. The van der Waals surface area contributed by atoms with Crippen LogP contribution in [0.5, 0.6) is 0 Å². The molecule has 0 bridgehead atoms. The molecule has 0 aromatic rings. The molecule has 98 valence electrons. The van der Waals surface area contributed by atoms with E-state index < -0.39 is 29.1 Å². The fraction of sp³-hybridized carbons (Fsp3) is 0.818. The number of carboxylic acids is 1. The van der Waals surface area contributed by atoms with Crippen molar-refractivity contribution in [3.8, 4) is 0 Å². The standard InChI is InChI=1S/C11H19NO5/c1-10(2,3)17-9(15)12-7(8(13)14)11(4)5-16-6-11/h7H,5-6H2,1-4H3,(H,12,15)(H,13,14)/t7-/m0/s1.